The van der Waals surface area contributed by atoms with Gasteiger partial charge in [-0.25, -0.2) is 4.98 Å². The first-order valence-electron chi connectivity index (χ1n) is 10.5. The van der Waals surface area contributed by atoms with Crippen molar-refractivity contribution in [1.29, 1.82) is 0 Å². The number of hydrogen-bond donors (Lipinski definition) is 2. The minimum Gasteiger partial charge on any atom is -0.384 e. The highest BCUT2D eigenvalue weighted by molar-refractivity contribution is 5.93. The third-order valence-electron chi connectivity index (χ3n) is 6.34. The maximum atomic E-state index is 12.5. The van der Waals surface area contributed by atoms with Crippen molar-refractivity contribution in [2.45, 2.75) is 26.3 Å². The summed E-state index contributed by atoms with van der Waals surface area (Å²) in [5.74, 6) is 1.06. The average Bonchev–Trinajstić information content (AvgIpc) is 3.07. The largest absolute Gasteiger partial charge is 0.384 e. The van der Waals surface area contributed by atoms with Gasteiger partial charge in [0.05, 0.1) is 17.4 Å². The number of piperazine rings is 1. The Balaban J connectivity index is 1.31. The van der Waals surface area contributed by atoms with Crippen LogP contribution in [0.25, 0.3) is 10.9 Å². The number of aryl methyl sites for hydroxylation is 1. The molecule has 7 heteroatoms. The molecular formula is C22H28N6O. The number of rotatable bonds is 3. The first-order chi connectivity index (χ1) is 14.1. The summed E-state index contributed by atoms with van der Waals surface area (Å²) >= 11 is 0. The maximum Gasteiger partial charge on any atom is 0.253 e. The lowest BCUT2D eigenvalue weighted by atomic mass is 10.0. The van der Waals surface area contributed by atoms with Crippen LogP contribution in [0.3, 0.4) is 0 Å². The van der Waals surface area contributed by atoms with Crippen LogP contribution in [0.2, 0.25) is 0 Å². The van der Waals surface area contributed by atoms with Gasteiger partial charge in [0, 0.05) is 63.0 Å². The highest BCUT2D eigenvalue weighted by Crippen LogP contribution is 2.28. The van der Waals surface area contributed by atoms with Crippen molar-refractivity contribution in [3.8, 4) is 0 Å². The predicted molar refractivity (Wildman–Crippen MR) is 117 cm³/mol. The van der Waals surface area contributed by atoms with Crippen molar-refractivity contribution in [3.05, 3.63) is 51.6 Å². The molecule has 2 aromatic heterocycles. The van der Waals surface area contributed by atoms with E-state index in [9.17, 15) is 4.79 Å². The minimum absolute atomic E-state index is 0.0517. The van der Waals surface area contributed by atoms with Gasteiger partial charge in [-0.2, -0.15) is 0 Å². The lowest BCUT2D eigenvalue weighted by Crippen LogP contribution is -2.46. The van der Waals surface area contributed by atoms with Gasteiger partial charge in [-0.1, -0.05) is 12.1 Å². The van der Waals surface area contributed by atoms with Crippen LogP contribution >= 0.6 is 0 Å². The average molecular weight is 393 g/mol. The SMILES string of the molecule is Cc1cnc(N2CCN(Cc3ccc4c5c(c(=O)[nH]c4c3)CCCN5)CC2)n1C. The highest BCUT2D eigenvalue weighted by Gasteiger charge is 2.21. The molecule has 0 amide bonds. The normalized spacial score (nSPS) is 17.4. The van der Waals surface area contributed by atoms with Gasteiger partial charge in [0.25, 0.3) is 5.56 Å². The summed E-state index contributed by atoms with van der Waals surface area (Å²) in [4.78, 5) is 25.0. The lowest BCUT2D eigenvalue weighted by molar-refractivity contribution is 0.248. The molecule has 152 valence electrons. The third kappa shape index (κ3) is 3.29. The zero-order valence-electron chi connectivity index (χ0n) is 17.2. The molecule has 7 nitrogen and oxygen atoms in total. The van der Waals surface area contributed by atoms with Crippen molar-refractivity contribution in [1.82, 2.24) is 19.4 Å². The second-order valence-corrected chi connectivity index (χ2v) is 8.24. The van der Waals surface area contributed by atoms with Gasteiger partial charge in [-0.15, -0.1) is 0 Å². The Bertz CT molecular complexity index is 1110. The Hall–Kier alpha value is -2.80. The summed E-state index contributed by atoms with van der Waals surface area (Å²) in [5.41, 5.74) is 5.34. The smallest absolute Gasteiger partial charge is 0.253 e. The molecule has 2 aliphatic rings. The molecule has 4 heterocycles. The second-order valence-electron chi connectivity index (χ2n) is 8.24. The van der Waals surface area contributed by atoms with E-state index in [-0.39, 0.29) is 5.56 Å². The molecule has 0 atom stereocenters. The lowest BCUT2D eigenvalue weighted by Gasteiger charge is -2.35. The standard InChI is InChI=1S/C22H28N6O/c1-15-13-24-22(26(15)2)28-10-8-27(9-11-28)14-16-5-6-17-19(12-16)25-21(29)18-4-3-7-23-20(17)18/h5-6,12-13,23H,3-4,7-11,14H2,1-2H3,(H,25,29). The van der Waals surface area contributed by atoms with Gasteiger partial charge in [-0.05, 0) is 31.4 Å². The van der Waals surface area contributed by atoms with Gasteiger partial charge in [0.2, 0.25) is 5.95 Å². The topological polar surface area (TPSA) is 69.2 Å². The molecule has 0 spiro atoms. The van der Waals surface area contributed by atoms with E-state index in [4.69, 9.17) is 0 Å². The molecule has 0 radical (unpaired) electrons. The van der Waals surface area contributed by atoms with Crippen molar-refractivity contribution in [2.24, 2.45) is 7.05 Å². The zero-order valence-corrected chi connectivity index (χ0v) is 17.2. The Morgan fingerprint density at radius 2 is 2.00 bits per heavy atom. The fourth-order valence-electron chi connectivity index (χ4n) is 4.54. The minimum atomic E-state index is 0.0517. The number of pyridine rings is 1. The summed E-state index contributed by atoms with van der Waals surface area (Å²) in [5, 5.41) is 4.55. The van der Waals surface area contributed by atoms with E-state index in [0.717, 1.165) is 80.2 Å². The second kappa shape index (κ2) is 7.22. The van der Waals surface area contributed by atoms with Gasteiger partial charge in [-0.3, -0.25) is 9.69 Å². The van der Waals surface area contributed by atoms with E-state index in [0.29, 0.717) is 0 Å². The van der Waals surface area contributed by atoms with E-state index in [2.05, 4.69) is 61.8 Å². The third-order valence-corrected chi connectivity index (χ3v) is 6.34. The first kappa shape index (κ1) is 18.2. The van der Waals surface area contributed by atoms with Crippen LogP contribution in [0.5, 0.6) is 0 Å². The molecule has 2 aliphatic heterocycles. The number of nitrogens with zero attached hydrogens (tertiary/aromatic N) is 4. The summed E-state index contributed by atoms with van der Waals surface area (Å²) in [7, 11) is 2.08. The van der Waals surface area contributed by atoms with Crippen LogP contribution in [-0.4, -0.2) is 52.2 Å². The molecule has 0 saturated carbocycles. The Morgan fingerprint density at radius 1 is 1.17 bits per heavy atom. The van der Waals surface area contributed by atoms with E-state index in [1.54, 1.807) is 0 Å². The predicted octanol–water partition coefficient (Wildman–Crippen LogP) is 2.25. The van der Waals surface area contributed by atoms with E-state index >= 15 is 0 Å². The zero-order chi connectivity index (χ0) is 20.0. The summed E-state index contributed by atoms with van der Waals surface area (Å²) in [6.07, 6.45) is 3.81. The van der Waals surface area contributed by atoms with Gasteiger partial charge < -0.3 is 19.8 Å². The van der Waals surface area contributed by atoms with Crippen LogP contribution < -0.4 is 15.8 Å². The van der Waals surface area contributed by atoms with E-state index in [1.165, 1.54) is 11.3 Å². The molecule has 29 heavy (non-hydrogen) atoms. The molecule has 1 fully saturated rings. The number of benzene rings is 1. The summed E-state index contributed by atoms with van der Waals surface area (Å²) in [6, 6.07) is 6.50. The van der Waals surface area contributed by atoms with E-state index in [1.807, 2.05) is 6.20 Å². The molecule has 3 aromatic rings. The fourth-order valence-corrected chi connectivity index (χ4v) is 4.54. The number of aromatic amines is 1. The summed E-state index contributed by atoms with van der Waals surface area (Å²) < 4.78 is 2.16. The number of aromatic nitrogens is 3. The van der Waals surface area contributed by atoms with E-state index < -0.39 is 0 Å². The summed E-state index contributed by atoms with van der Waals surface area (Å²) in [6.45, 7) is 7.89. The number of H-pyrrole nitrogens is 1. The Morgan fingerprint density at radius 3 is 2.76 bits per heavy atom. The van der Waals surface area contributed by atoms with Crippen molar-refractivity contribution < 1.29 is 0 Å². The van der Waals surface area contributed by atoms with Crippen LogP contribution in [0, 0.1) is 6.92 Å². The van der Waals surface area contributed by atoms with Crippen LogP contribution in [-0.2, 0) is 20.0 Å². The molecular weight excluding hydrogens is 364 g/mol. The van der Waals surface area contributed by atoms with Gasteiger partial charge in [0.15, 0.2) is 0 Å². The maximum absolute atomic E-state index is 12.5. The van der Waals surface area contributed by atoms with Gasteiger partial charge in [0.1, 0.15) is 0 Å². The van der Waals surface area contributed by atoms with Crippen molar-refractivity contribution in [3.63, 3.8) is 0 Å². The quantitative estimate of drug-likeness (QED) is 0.716. The molecule has 0 aliphatic carbocycles. The monoisotopic (exact) mass is 392 g/mol. The molecule has 5 rings (SSSR count). The molecule has 2 N–H and O–H groups in total. The number of nitrogens with one attached hydrogen (secondary N) is 2. The van der Waals surface area contributed by atoms with Crippen molar-refractivity contribution >= 4 is 22.5 Å². The number of imidazole rings is 1. The first-order valence-corrected chi connectivity index (χ1v) is 10.5. The fraction of sp³-hybridized carbons (Fsp3) is 0.455. The number of fused-ring (bicyclic) bond motifs is 3. The molecule has 1 saturated heterocycles. The Kier molecular flexibility index (Phi) is 4.54. The van der Waals surface area contributed by atoms with Crippen LogP contribution in [0.1, 0.15) is 23.2 Å². The molecule has 1 aromatic carbocycles. The van der Waals surface area contributed by atoms with Gasteiger partial charge >= 0.3 is 0 Å². The highest BCUT2D eigenvalue weighted by atomic mass is 16.1. The number of anilines is 2. The molecule has 0 unspecified atom stereocenters. The van der Waals surface area contributed by atoms with Crippen LogP contribution in [0.15, 0.2) is 29.2 Å². The number of hydrogen-bond acceptors (Lipinski definition) is 5. The molecule has 0 bridgehead atoms. The Labute approximate surface area is 170 Å². The van der Waals surface area contributed by atoms with Crippen molar-refractivity contribution in [2.75, 3.05) is 42.9 Å². The van der Waals surface area contributed by atoms with Crippen LogP contribution in [0.4, 0.5) is 11.6 Å².